The Kier molecular flexibility index (Phi) is 4.66. The lowest BCUT2D eigenvalue weighted by molar-refractivity contribution is 0.0337. The third-order valence-electron chi connectivity index (χ3n) is 3.03. The molecule has 0 spiro atoms. The van der Waals surface area contributed by atoms with E-state index in [1.54, 1.807) is 43.6 Å². The predicted molar refractivity (Wildman–Crippen MR) is 77.9 cm³/mol. The Balaban J connectivity index is 2.12. The maximum absolute atomic E-state index is 12.1. The lowest BCUT2D eigenvalue weighted by Gasteiger charge is -2.13. The van der Waals surface area contributed by atoms with Crippen LogP contribution in [0.5, 0.6) is 0 Å². The van der Waals surface area contributed by atoms with Crippen molar-refractivity contribution in [2.24, 2.45) is 0 Å². The van der Waals surface area contributed by atoms with Gasteiger partial charge >= 0.3 is 5.97 Å². The van der Waals surface area contributed by atoms with Gasteiger partial charge in [-0.3, -0.25) is 9.78 Å². The molecular formula is C16H16N2O3. The third kappa shape index (κ3) is 3.66. The van der Waals surface area contributed by atoms with Crippen LogP contribution in [0.4, 0.5) is 0 Å². The molecule has 2 rings (SSSR count). The molecular weight excluding hydrogens is 268 g/mol. The van der Waals surface area contributed by atoms with Crippen molar-refractivity contribution in [2.45, 2.75) is 13.0 Å². The molecule has 1 aromatic heterocycles. The van der Waals surface area contributed by atoms with Gasteiger partial charge in [0.05, 0.1) is 5.56 Å². The molecule has 5 heteroatoms. The number of aromatic nitrogens is 1. The number of nitrogens with zero attached hydrogens (tertiary/aromatic N) is 1. The topological polar surface area (TPSA) is 68.3 Å². The van der Waals surface area contributed by atoms with Crippen LogP contribution in [-0.2, 0) is 4.74 Å². The highest BCUT2D eigenvalue weighted by Crippen LogP contribution is 2.17. The van der Waals surface area contributed by atoms with Crippen molar-refractivity contribution in [2.75, 3.05) is 7.05 Å². The van der Waals surface area contributed by atoms with E-state index in [0.29, 0.717) is 11.1 Å². The van der Waals surface area contributed by atoms with Crippen LogP contribution < -0.4 is 5.32 Å². The summed E-state index contributed by atoms with van der Waals surface area (Å²) in [4.78, 5) is 27.7. The minimum Gasteiger partial charge on any atom is -0.454 e. The van der Waals surface area contributed by atoms with Crippen LogP contribution in [0.3, 0.4) is 0 Å². The third-order valence-corrected chi connectivity index (χ3v) is 3.03. The van der Waals surface area contributed by atoms with Gasteiger partial charge in [-0.15, -0.1) is 0 Å². The second-order valence-electron chi connectivity index (χ2n) is 4.49. The molecule has 1 N–H and O–H groups in total. The Morgan fingerprint density at radius 2 is 1.95 bits per heavy atom. The van der Waals surface area contributed by atoms with Crippen LogP contribution in [0.15, 0.2) is 48.8 Å². The minimum absolute atomic E-state index is 0.245. The first-order chi connectivity index (χ1) is 10.1. The van der Waals surface area contributed by atoms with Crippen LogP contribution in [0.25, 0.3) is 0 Å². The Hall–Kier alpha value is -2.69. The summed E-state index contributed by atoms with van der Waals surface area (Å²) < 4.78 is 5.38. The van der Waals surface area contributed by atoms with Crippen LogP contribution in [0.1, 0.15) is 39.3 Å². The Labute approximate surface area is 123 Å². The summed E-state index contributed by atoms with van der Waals surface area (Å²) >= 11 is 0. The maximum Gasteiger partial charge on any atom is 0.338 e. The Morgan fingerprint density at radius 1 is 1.19 bits per heavy atom. The summed E-state index contributed by atoms with van der Waals surface area (Å²) in [6.07, 6.45) is 2.90. The summed E-state index contributed by atoms with van der Waals surface area (Å²) in [5.74, 6) is -0.720. The maximum atomic E-state index is 12.1. The highest BCUT2D eigenvalue weighted by atomic mass is 16.5. The van der Waals surface area contributed by atoms with E-state index in [1.807, 2.05) is 6.07 Å². The molecule has 108 valence electrons. The number of rotatable bonds is 4. The molecule has 0 aliphatic carbocycles. The van der Waals surface area contributed by atoms with Gasteiger partial charge in [-0.1, -0.05) is 12.1 Å². The van der Waals surface area contributed by atoms with Crippen LogP contribution in [0, 0.1) is 0 Å². The van der Waals surface area contributed by atoms with E-state index in [1.165, 1.54) is 13.1 Å². The number of amides is 1. The average Bonchev–Trinajstić information content (AvgIpc) is 2.55. The number of carbonyl (C=O) groups excluding carboxylic acids is 2. The molecule has 0 aliphatic rings. The van der Waals surface area contributed by atoms with Crippen molar-refractivity contribution in [3.05, 3.63) is 65.5 Å². The quantitative estimate of drug-likeness (QED) is 0.875. The molecule has 1 amide bonds. The fraction of sp³-hybridized carbons (Fsp3) is 0.188. The fourth-order valence-corrected chi connectivity index (χ4v) is 1.84. The highest BCUT2D eigenvalue weighted by molar-refractivity contribution is 5.97. The lowest BCUT2D eigenvalue weighted by atomic mass is 10.1. The normalized spacial score (nSPS) is 11.5. The number of carbonyl (C=O) groups is 2. The van der Waals surface area contributed by atoms with Crippen molar-refractivity contribution in [3.63, 3.8) is 0 Å². The van der Waals surface area contributed by atoms with E-state index in [2.05, 4.69) is 10.3 Å². The van der Waals surface area contributed by atoms with E-state index in [9.17, 15) is 9.59 Å². The zero-order valence-corrected chi connectivity index (χ0v) is 11.9. The highest BCUT2D eigenvalue weighted by Gasteiger charge is 2.15. The smallest absolute Gasteiger partial charge is 0.338 e. The fourth-order valence-electron chi connectivity index (χ4n) is 1.84. The largest absolute Gasteiger partial charge is 0.454 e. The molecule has 0 aliphatic heterocycles. The van der Waals surface area contributed by atoms with Crippen molar-refractivity contribution in [3.8, 4) is 0 Å². The molecule has 21 heavy (non-hydrogen) atoms. The first kappa shape index (κ1) is 14.7. The number of hydrogen-bond donors (Lipinski definition) is 1. The van der Waals surface area contributed by atoms with E-state index >= 15 is 0 Å². The minimum atomic E-state index is -0.475. The zero-order chi connectivity index (χ0) is 15.2. The molecule has 1 unspecified atom stereocenters. The summed E-state index contributed by atoms with van der Waals surface area (Å²) in [7, 11) is 1.54. The standard InChI is InChI=1S/C16H16N2O3/c1-11(14-7-4-8-18-10-14)21-16(20)13-6-3-5-12(9-13)15(19)17-2/h3-11H,1-2H3,(H,17,19). The van der Waals surface area contributed by atoms with Crippen LogP contribution in [-0.4, -0.2) is 23.9 Å². The molecule has 0 saturated heterocycles. The number of ether oxygens (including phenoxy) is 1. The van der Waals surface area contributed by atoms with Gasteiger partial charge in [-0.05, 0) is 31.2 Å². The molecule has 0 bridgehead atoms. The molecule has 1 aromatic carbocycles. The number of hydrogen-bond acceptors (Lipinski definition) is 4. The van der Waals surface area contributed by atoms with Crippen LogP contribution in [0.2, 0.25) is 0 Å². The van der Waals surface area contributed by atoms with Crippen molar-refractivity contribution >= 4 is 11.9 Å². The molecule has 1 atom stereocenters. The molecule has 0 fully saturated rings. The predicted octanol–water partition coefficient (Wildman–Crippen LogP) is 2.36. The second kappa shape index (κ2) is 6.65. The SMILES string of the molecule is CNC(=O)c1cccc(C(=O)OC(C)c2cccnc2)c1. The monoisotopic (exact) mass is 284 g/mol. The summed E-state index contributed by atoms with van der Waals surface area (Å²) in [5, 5.41) is 2.51. The first-order valence-electron chi connectivity index (χ1n) is 6.55. The van der Waals surface area contributed by atoms with Gasteiger partial charge in [0.25, 0.3) is 5.91 Å². The van der Waals surface area contributed by atoms with Gasteiger partial charge in [0.2, 0.25) is 0 Å². The van der Waals surface area contributed by atoms with Crippen molar-refractivity contribution < 1.29 is 14.3 Å². The number of esters is 1. The van der Waals surface area contributed by atoms with E-state index in [0.717, 1.165) is 5.56 Å². The van der Waals surface area contributed by atoms with Crippen molar-refractivity contribution in [1.29, 1.82) is 0 Å². The molecule has 0 radical (unpaired) electrons. The van der Waals surface area contributed by atoms with E-state index in [-0.39, 0.29) is 5.91 Å². The van der Waals surface area contributed by atoms with Crippen LogP contribution >= 0.6 is 0 Å². The summed E-state index contributed by atoms with van der Waals surface area (Å²) in [6.45, 7) is 1.78. The summed E-state index contributed by atoms with van der Waals surface area (Å²) in [6, 6.07) is 10.0. The second-order valence-corrected chi connectivity index (χ2v) is 4.49. The Bertz CT molecular complexity index is 641. The lowest BCUT2D eigenvalue weighted by Crippen LogP contribution is -2.18. The van der Waals surface area contributed by atoms with E-state index < -0.39 is 12.1 Å². The molecule has 5 nitrogen and oxygen atoms in total. The van der Waals surface area contributed by atoms with E-state index in [4.69, 9.17) is 4.74 Å². The zero-order valence-electron chi connectivity index (χ0n) is 11.9. The van der Waals surface area contributed by atoms with Gasteiger partial charge in [0.15, 0.2) is 0 Å². The van der Waals surface area contributed by atoms with Gasteiger partial charge in [0.1, 0.15) is 6.10 Å². The first-order valence-corrected chi connectivity index (χ1v) is 6.55. The van der Waals surface area contributed by atoms with Gasteiger partial charge < -0.3 is 10.1 Å². The van der Waals surface area contributed by atoms with Crippen molar-refractivity contribution in [1.82, 2.24) is 10.3 Å². The number of nitrogens with one attached hydrogen (secondary N) is 1. The number of benzene rings is 1. The van der Waals surface area contributed by atoms with Gasteiger partial charge in [-0.2, -0.15) is 0 Å². The summed E-state index contributed by atoms with van der Waals surface area (Å²) in [5.41, 5.74) is 1.57. The average molecular weight is 284 g/mol. The molecule has 2 aromatic rings. The van der Waals surface area contributed by atoms with Gasteiger partial charge in [-0.25, -0.2) is 4.79 Å². The van der Waals surface area contributed by atoms with Gasteiger partial charge in [0, 0.05) is 30.6 Å². The Morgan fingerprint density at radius 3 is 2.62 bits per heavy atom. The number of pyridine rings is 1. The molecule has 0 saturated carbocycles. The molecule has 1 heterocycles.